The van der Waals surface area contributed by atoms with Gasteiger partial charge in [0.1, 0.15) is 0 Å². The third kappa shape index (κ3) is 1.66. The van der Waals surface area contributed by atoms with Crippen molar-refractivity contribution in [1.82, 2.24) is 10.2 Å². The first-order chi connectivity index (χ1) is 4.93. The zero-order valence-corrected chi connectivity index (χ0v) is 5.10. The van der Waals surface area contributed by atoms with Gasteiger partial charge < -0.3 is 5.84 Å². The summed E-state index contributed by atoms with van der Waals surface area (Å²) in [6.07, 6.45) is 2.72. The minimum absolute atomic E-state index is 0.569. The van der Waals surface area contributed by atoms with E-state index >= 15 is 0 Å². The van der Waals surface area contributed by atoms with E-state index in [0.717, 1.165) is 6.34 Å². The number of aromatic nitrogens is 2. The molecule has 1 rings (SSSR count). The predicted octanol–water partition coefficient (Wildman–Crippen LogP) is 0.395. The normalized spacial score (nSPS) is 11.6. The number of nitrogens with two attached hydrogens (primary N) is 1. The highest BCUT2D eigenvalue weighted by Crippen LogP contribution is 2.02. The van der Waals surface area contributed by atoms with E-state index in [9.17, 15) is 0 Å². The van der Waals surface area contributed by atoms with Gasteiger partial charge in [-0.3, -0.25) is 5.10 Å². The van der Waals surface area contributed by atoms with Crippen LogP contribution in [0.2, 0.25) is 0 Å². The SMILES string of the molecule is NN=CN=Nc1ccn[nH]1. The molecule has 0 fully saturated rings. The Morgan fingerprint density at radius 2 is 2.60 bits per heavy atom. The van der Waals surface area contributed by atoms with Crippen LogP contribution >= 0.6 is 0 Å². The Bertz CT molecular complexity index is 222. The lowest BCUT2D eigenvalue weighted by Gasteiger charge is -1.76. The van der Waals surface area contributed by atoms with Crippen molar-refractivity contribution in [2.45, 2.75) is 0 Å². The molecule has 1 aromatic heterocycles. The van der Waals surface area contributed by atoms with E-state index < -0.39 is 0 Å². The summed E-state index contributed by atoms with van der Waals surface area (Å²) in [7, 11) is 0. The largest absolute Gasteiger partial charge is 0.322 e. The van der Waals surface area contributed by atoms with Crippen molar-refractivity contribution >= 4 is 12.2 Å². The molecule has 3 N–H and O–H groups in total. The minimum Gasteiger partial charge on any atom is -0.322 e. The lowest BCUT2D eigenvalue weighted by molar-refractivity contribution is 1.06. The number of H-pyrrole nitrogens is 1. The monoisotopic (exact) mass is 138 g/mol. The van der Waals surface area contributed by atoms with Crippen LogP contribution in [0.5, 0.6) is 0 Å². The molecule has 0 spiro atoms. The summed E-state index contributed by atoms with van der Waals surface area (Å²) in [4.78, 5) is 0. The number of hydrogen-bond donors (Lipinski definition) is 2. The average molecular weight is 138 g/mol. The van der Waals surface area contributed by atoms with Crippen LogP contribution < -0.4 is 5.84 Å². The molecule has 0 bridgehead atoms. The van der Waals surface area contributed by atoms with Crippen molar-refractivity contribution < 1.29 is 0 Å². The van der Waals surface area contributed by atoms with E-state index in [4.69, 9.17) is 5.84 Å². The summed E-state index contributed by atoms with van der Waals surface area (Å²) in [5.74, 6) is 5.33. The van der Waals surface area contributed by atoms with Crippen LogP contribution in [0.4, 0.5) is 5.82 Å². The Morgan fingerprint density at radius 1 is 1.70 bits per heavy atom. The highest BCUT2D eigenvalue weighted by Gasteiger charge is 1.83. The number of aromatic amines is 1. The van der Waals surface area contributed by atoms with E-state index in [0.29, 0.717) is 5.82 Å². The van der Waals surface area contributed by atoms with Gasteiger partial charge >= 0.3 is 0 Å². The lowest BCUT2D eigenvalue weighted by atomic mass is 10.7. The van der Waals surface area contributed by atoms with E-state index in [1.54, 1.807) is 12.3 Å². The van der Waals surface area contributed by atoms with Crippen LogP contribution in [-0.4, -0.2) is 16.5 Å². The molecule has 0 aliphatic carbocycles. The second-order valence-electron chi connectivity index (χ2n) is 1.42. The van der Waals surface area contributed by atoms with Gasteiger partial charge in [-0.25, -0.2) is 0 Å². The van der Waals surface area contributed by atoms with E-state index in [-0.39, 0.29) is 0 Å². The van der Waals surface area contributed by atoms with E-state index in [1.165, 1.54) is 0 Å². The Labute approximate surface area is 56.8 Å². The second kappa shape index (κ2) is 3.33. The maximum Gasteiger partial charge on any atom is 0.170 e. The molecule has 6 heteroatoms. The molecule has 0 radical (unpaired) electrons. The van der Waals surface area contributed by atoms with Crippen molar-refractivity contribution in [3.05, 3.63) is 12.3 Å². The summed E-state index contributed by atoms with van der Waals surface area (Å²) in [6.45, 7) is 0. The van der Waals surface area contributed by atoms with Gasteiger partial charge in [0.15, 0.2) is 12.2 Å². The quantitative estimate of drug-likeness (QED) is 0.203. The highest BCUT2D eigenvalue weighted by molar-refractivity contribution is 5.54. The number of azo groups is 1. The first-order valence-electron chi connectivity index (χ1n) is 2.55. The van der Waals surface area contributed by atoms with Crippen molar-refractivity contribution in [1.29, 1.82) is 0 Å². The number of rotatable bonds is 2. The molecular weight excluding hydrogens is 132 g/mol. The van der Waals surface area contributed by atoms with Crippen LogP contribution in [0.1, 0.15) is 0 Å². The molecule has 0 saturated heterocycles. The molecule has 6 nitrogen and oxygen atoms in total. The fourth-order valence-electron chi connectivity index (χ4n) is 0.422. The summed E-state index contributed by atoms with van der Waals surface area (Å²) in [5, 5.41) is 16.4. The number of hydrogen-bond acceptors (Lipinski definition) is 4. The van der Waals surface area contributed by atoms with Gasteiger partial charge in [-0.15, -0.1) is 10.2 Å². The molecule has 0 aliphatic rings. The topological polar surface area (TPSA) is 91.8 Å². The molecule has 0 aromatic carbocycles. The number of nitrogens with one attached hydrogen (secondary N) is 1. The first kappa shape index (κ1) is 6.40. The number of nitrogens with zero attached hydrogens (tertiary/aromatic N) is 4. The summed E-state index contributed by atoms with van der Waals surface area (Å²) in [6, 6.07) is 1.67. The van der Waals surface area contributed by atoms with E-state index in [1.807, 2.05) is 0 Å². The molecule has 0 saturated carbocycles. The molecule has 1 aromatic rings. The first-order valence-corrected chi connectivity index (χ1v) is 2.55. The van der Waals surface area contributed by atoms with Crippen molar-refractivity contribution in [2.75, 3.05) is 0 Å². The van der Waals surface area contributed by atoms with Crippen molar-refractivity contribution in [3.63, 3.8) is 0 Å². The van der Waals surface area contributed by atoms with Crippen LogP contribution in [0.15, 0.2) is 27.6 Å². The molecular formula is C4H6N6. The van der Waals surface area contributed by atoms with Crippen LogP contribution in [0.3, 0.4) is 0 Å². The Balaban J connectivity index is 2.55. The second-order valence-corrected chi connectivity index (χ2v) is 1.42. The van der Waals surface area contributed by atoms with Crippen LogP contribution in [0, 0.1) is 0 Å². The molecule has 1 heterocycles. The summed E-state index contributed by atoms with van der Waals surface area (Å²) >= 11 is 0. The van der Waals surface area contributed by atoms with Crippen molar-refractivity contribution in [3.8, 4) is 0 Å². The molecule has 52 valence electrons. The van der Waals surface area contributed by atoms with Crippen molar-refractivity contribution in [2.24, 2.45) is 21.2 Å². The van der Waals surface area contributed by atoms with Crippen LogP contribution in [-0.2, 0) is 0 Å². The number of hydrazone groups is 1. The molecule has 0 atom stereocenters. The standard InChI is InChI=1S/C4H6N6/c5-6-3-8-10-4-1-2-7-9-4/h1-3H,5H2,(H,7,9). The Hall–Kier alpha value is -1.72. The third-order valence-corrected chi connectivity index (χ3v) is 0.770. The van der Waals surface area contributed by atoms with Gasteiger partial charge in [0, 0.05) is 6.07 Å². The van der Waals surface area contributed by atoms with Gasteiger partial charge in [0.05, 0.1) is 6.20 Å². The van der Waals surface area contributed by atoms with Gasteiger partial charge in [-0.05, 0) is 0 Å². The maximum atomic E-state index is 4.76. The van der Waals surface area contributed by atoms with Crippen LogP contribution in [0.25, 0.3) is 0 Å². The molecule has 0 aliphatic heterocycles. The third-order valence-electron chi connectivity index (χ3n) is 0.770. The van der Waals surface area contributed by atoms with Gasteiger partial charge in [0.2, 0.25) is 0 Å². The van der Waals surface area contributed by atoms with Gasteiger partial charge in [-0.2, -0.15) is 10.2 Å². The van der Waals surface area contributed by atoms with Gasteiger partial charge in [0.25, 0.3) is 0 Å². The predicted molar refractivity (Wildman–Crippen MR) is 35.8 cm³/mol. The fourth-order valence-corrected chi connectivity index (χ4v) is 0.422. The Kier molecular flexibility index (Phi) is 2.13. The minimum atomic E-state index is 0.569. The highest BCUT2D eigenvalue weighted by atomic mass is 15.3. The fraction of sp³-hybridized carbons (Fsp3) is 0. The zero-order valence-electron chi connectivity index (χ0n) is 5.10. The molecule has 0 unspecified atom stereocenters. The Morgan fingerprint density at radius 3 is 3.20 bits per heavy atom. The van der Waals surface area contributed by atoms with Gasteiger partial charge in [-0.1, -0.05) is 0 Å². The smallest absolute Gasteiger partial charge is 0.170 e. The average Bonchev–Trinajstić information content (AvgIpc) is 2.41. The summed E-state index contributed by atoms with van der Waals surface area (Å²) in [5.41, 5.74) is 0. The molecule has 0 amide bonds. The molecule has 10 heavy (non-hydrogen) atoms. The lowest BCUT2D eigenvalue weighted by Crippen LogP contribution is -1.76. The van der Waals surface area contributed by atoms with E-state index in [2.05, 4.69) is 25.5 Å². The zero-order chi connectivity index (χ0) is 7.23. The maximum absolute atomic E-state index is 4.76. The summed E-state index contributed by atoms with van der Waals surface area (Å²) < 4.78 is 0.